The van der Waals surface area contributed by atoms with Gasteiger partial charge in [-0.3, -0.25) is 0 Å². The maximum atomic E-state index is 10.6. The molecule has 1 N–H and O–H groups in total. The van der Waals surface area contributed by atoms with Crippen molar-refractivity contribution in [1.29, 1.82) is 0 Å². The van der Waals surface area contributed by atoms with E-state index in [1.807, 2.05) is 6.92 Å². The standard InChI is InChI=1S/C10H12N2O3/c1-2-7-12(11-15)9-5-3-8(4-6-9)10(13)14/h3-6H,2,7H2,1H3,(H,13,14). The monoisotopic (exact) mass is 208 g/mol. The Labute approximate surface area is 87.3 Å². The Kier molecular flexibility index (Phi) is 3.79. The number of anilines is 1. The summed E-state index contributed by atoms with van der Waals surface area (Å²) in [5.41, 5.74) is 0.804. The largest absolute Gasteiger partial charge is 0.478 e. The highest BCUT2D eigenvalue weighted by molar-refractivity contribution is 5.88. The van der Waals surface area contributed by atoms with Gasteiger partial charge in [0.25, 0.3) is 0 Å². The normalized spacial score (nSPS) is 9.67. The Morgan fingerprint density at radius 2 is 2.00 bits per heavy atom. The molecule has 0 aliphatic rings. The fraction of sp³-hybridized carbons (Fsp3) is 0.300. The lowest BCUT2D eigenvalue weighted by Gasteiger charge is -2.13. The van der Waals surface area contributed by atoms with E-state index in [0.29, 0.717) is 12.2 Å². The summed E-state index contributed by atoms with van der Waals surface area (Å²) in [6, 6.07) is 6.04. The molecular formula is C10H12N2O3. The lowest BCUT2D eigenvalue weighted by Crippen LogP contribution is -2.15. The number of benzene rings is 1. The maximum Gasteiger partial charge on any atom is 0.335 e. The highest BCUT2D eigenvalue weighted by Crippen LogP contribution is 2.15. The van der Waals surface area contributed by atoms with E-state index in [9.17, 15) is 9.70 Å². The molecule has 0 aliphatic heterocycles. The molecule has 0 aromatic heterocycles. The topological polar surface area (TPSA) is 70.0 Å². The number of carboxylic acids is 1. The molecule has 0 spiro atoms. The first-order valence-corrected chi connectivity index (χ1v) is 4.63. The minimum atomic E-state index is -0.984. The van der Waals surface area contributed by atoms with Crippen LogP contribution in [0.2, 0.25) is 0 Å². The van der Waals surface area contributed by atoms with E-state index < -0.39 is 5.97 Å². The first-order chi connectivity index (χ1) is 7.19. The molecule has 0 amide bonds. The molecule has 0 fully saturated rings. The lowest BCUT2D eigenvalue weighted by atomic mass is 10.2. The van der Waals surface area contributed by atoms with Crippen LogP contribution >= 0.6 is 0 Å². The number of hydrogen-bond acceptors (Lipinski definition) is 3. The Morgan fingerprint density at radius 1 is 1.40 bits per heavy atom. The van der Waals surface area contributed by atoms with Crippen LogP contribution in [0.4, 0.5) is 5.69 Å². The second-order valence-electron chi connectivity index (χ2n) is 3.06. The van der Waals surface area contributed by atoms with E-state index >= 15 is 0 Å². The van der Waals surface area contributed by atoms with Crippen LogP contribution in [0, 0.1) is 4.91 Å². The number of aromatic carboxylic acids is 1. The summed E-state index contributed by atoms with van der Waals surface area (Å²) in [5, 5.41) is 12.8. The smallest absolute Gasteiger partial charge is 0.335 e. The van der Waals surface area contributed by atoms with Crippen LogP contribution in [0.25, 0.3) is 0 Å². The molecule has 0 aliphatic carbocycles. The van der Waals surface area contributed by atoms with Crippen LogP contribution in [0.3, 0.4) is 0 Å². The van der Waals surface area contributed by atoms with Crippen molar-refractivity contribution >= 4 is 11.7 Å². The van der Waals surface area contributed by atoms with Crippen LogP contribution in [0.1, 0.15) is 23.7 Å². The first kappa shape index (κ1) is 11.2. The number of nitroso groups, excluding NO2 is 1. The minimum Gasteiger partial charge on any atom is -0.478 e. The van der Waals surface area contributed by atoms with Gasteiger partial charge in [-0.15, -0.1) is 4.91 Å². The molecule has 0 radical (unpaired) electrons. The number of hydrogen-bond donors (Lipinski definition) is 1. The molecule has 1 aromatic rings. The molecule has 0 saturated heterocycles. The fourth-order valence-electron chi connectivity index (χ4n) is 1.20. The average molecular weight is 208 g/mol. The molecule has 5 nitrogen and oxygen atoms in total. The molecule has 0 unspecified atom stereocenters. The fourth-order valence-corrected chi connectivity index (χ4v) is 1.20. The summed E-state index contributed by atoms with van der Waals surface area (Å²) in [6.45, 7) is 2.46. The van der Waals surface area contributed by atoms with Crippen LogP contribution in [-0.2, 0) is 0 Å². The minimum absolute atomic E-state index is 0.195. The van der Waals surface area contributed by atoms with Crippen molar-refractivity contribution in [2.45, 2.75) is 13.3 Å². The summed E-state index contributed by atoms with van der Waals surface area (Å²) in [6.07, 6.45) is 0.798. The Morgan fingerprint density at radius 3 is 2.40 bits per heavy atom. The second kappa shape index (κ2) is 5.09. The van der Waals surface area contributed by atoms with Gasteiger partial charge in [-0.05, 0) is 30.7 Å². The van der Waals surface area contributed by atoms with Gasteiger partial charge in [0.05, 0.1) is 16.5 Å². The van der Waals surface area contributed by atoms with Gasteiger partial charge in [0, 0.05) is 6.54 Å². The van der Waals surface area contributed by atoms with Crippen molar-refractivity contribution in [1.82, 2.24) is 0 Å². The first-order valence-electron chi connectivity index (χ1n) is 4.63. The quantitative estimate of drug-likeness (QED) is 0.595. The van der Waals surface area contributed by atoms with E-state index in [1.165, 1.54) is 17.1 Å². The summed E-state index contributed by atoms with van der Waals surface area (Å²) in [5.74, 6) is -0.984. The predicted octanol–water partition coefficient (Wildman–Crippen LogP) is 2.28. The van der Waals surface area contributed by atoms with Crippen LogP contribution in [0.15, 0.2) is 29.6 Å². The van der Waals surface area contributed by atoms with E-state index in [0.717, 1.165) is 6.42 Å². The van der Waals surface area contributed by atoms with Crippen molar-refractivity contribution < 1.29 is 9.90 Å². The zero-order valence-corrected chi connectivity index (χ0v) is 8.38. The molecular weight excluding hydrogens is 196 g/mol. The van der Waals surface area contributed by atoms with Crippen LogP contribution in [-0.4, -0.2) is 17.6 Å². The van der Waals surface area contributed by atoms with E-state index in [1.54, 1.807) is 12.1 Å². The SMILES string of the molecule is CCCN(N=O)c1ccc(C(=O)O)cc1. The molecule has 0 atom stereocenters. The van der Waals surface area contributed by atoms with Gasteiger partial charge in [0.15, 0.2) is 0 Å². The molecule has 1 rings (SSSR count). The van der Waals surface area contributed by atoms with E-state index in [4.69, 9.17) is 5.11 Å². The number of carboxylic acid groups (broad SMARTS) is 1. The van der Waals surface area contributed by atoms with Crippen molar-refractivity contribution in [3.63, 3.8) is 0 Å². The third-order valence-corrected chi connectivity index (χ3v) is 1.95. The highest BCUT2D eigenvalue weighted by Gasteiger charge is 2.07. The van der Waals surface area contributed by atoms with Crippen LogP contribution in [0.5, 0.6) is 0 Å². The molecule has 1 aromatic carbocycles. The van der Waals surface area contributed by atoms with Crippen molar-refractivity contribution in [3.8, 4) is 0 Å². The summed E-state index contributed by atoms with van der Waals surface area (Å²) in [4.78, 5) is 21.1. The van der Waals surface area contributed by atoms with Gasteiger partial charge in [-0.1, -0.05) is 6.92 Å². The molecule has 0 saturated carbocycles. The van der Waals surface area contributed by atoms with Gasteiger partial charge in [-0.25, -0.2) is 9.80 Å². The predicted molar refractivity (Wildman–Crippen MR) is 56.8 cm³/mol. The third-order valence-electron chi connectivity index (χ3n) is 1.95. The van der Waals surface area contributed by atoms with Gasteiger partial charge < -0.3 is 5.11 Å². The van der Waals surface area contributed by atoms with Crippen molar-refractivity contribution in [2.24, 2.45) is 5.29 Å². The Hall–Kier alpha value is -1.91. The van der Waals surface area contributed by atoms with Crippen molar-refractivity contribution in [3.05, 3.63) is 34.7 Å². The average Bonchev–Trinajstić information content (AvgIpc) is 2.26. The maximum absolute atomic E-state index is 10.6. The molecule has 15 heavy (non-hydrogen) atoms. The number of rotatable bonds is 5. The molecule has 0 heterocycles. The molecule has 0 bridgehead atoms. The van der Waals surface area contributed by atoms with Gasteiger partial charge in [-0.2, -0.15) is 0 Å². The second-order valence-corrected chi connectivity index (χ2v) is 3.06. The number of carbonyl (C=O) groups is 1. The summed E-state index contributed by atoms with van der Waals surface area (Å²) < 4.78 is 0. The summed E-state index contributed by atoms with van der Waals surface area (Å²) >= 11 is 0. The summed E-state index contributed by atoms with van der Waals surface area (Å²) in [7, 11) is 0. The zero-order chi connectivity index (χ0) is 11.3. The van der Waals surface area contributed by atoms with Gasteiger partial charge in [0.2, 0.25) is 0 Å². The van der Waals surface area contributed by atoms with Crippen LogP contribution < -0.4 is 5.01 Å². The van der Waals surface area contributed by atoms with Crippen molar-refractivity contribution in [2.75, 3.05) is 11.6 Å². The van der Waals surface area contributed by atoms with E-state index in [-0.39, 0.29) is 5.56 Å². The van der Waals surface area contributed by atoms with Gasteiger partial charge in [0.1, 0.15) is 0 Å². The van der Waals surface area contributed by atoms with Gasteiger partial charge >= 0.3 is 5.97 Å². The highest BCUT2D eigenvalue weighted by atomic mass is 16.4. The number of nitrogens with zero attached hydrogens (tertiary/aromatic N) is 2. The lowest BCUT2D eigenvalue weighted by molar-refractivity contribution is 0.0697. The molecule has 5 heteroatoms. The Balaban J connectivity index is 2.86. The Bertz CT molecular complexity index is 348. The van der Waals surface area contributed by atoms with E-state index in [2.05, 4.69) is 5.29 Å². The molecule has 80 valence electrons. The zero-order valence-electron chi connectivity index (χ0n) is 8.38. The third kappa shape index (κ3) is 2.77.